The third-order valence-corrected chi connectivity index (χ3v) is 1.95. The van der Waals surface area contributed by atoms with E-state index in [1.165, 1.54) is 11.1 Å². The third-order valence-electron chi connectivity index (χ3n) is 1.45. The molecule has 0 amide bonds. The van der Waals surface area contributed by atoms with E-state index in [1.54, 1.807) is 0 Å². The monoisotopic (exact) mass is 196 g/mol. The van der Waals surface area contributed by atoms with Gasteiger partial charge in [-0.1, -0.05) is 34.7 Å². The van der Waals surface area contributed by atoms with Crippen molar-refractivity contribution in [2.45, 2.75) is 6.92 Å². The van der Waals surface area contributed by atoms with Crippen molar-refractivity contribution in [1.29, 1.82) is 0 Å². The van der Waals surface area contributed by atoms with E-state index in [2.05, 4.69) is 35.5 Å². The van der Waals surface area contributed by atoms with Gasteiger partial charge in [0, 0.05) is 4.47 Å². The van der Waals surface area contributed by atoms with Gasteiger partial charge in [0.1, 0.15) is 0 Å². The highest BCUT2D eigenvalue weighted by molar-refractivity contribution is 9.10. The van der Waals surface area contributed by atoms with E-state index in [1.807, 2.05) is 18.2 Å². The lowest BCUT2D eigenvalue weighted by molar-refractivity contribution is 1.43. The Morgan fingerprint density at radius 3 is 2.70 bits per heavy atom. The van der Waals surface area contributed by atoms with Gasteiger partial charge >= 0.3 is 0 Å². The van der Waals surface area contributed by atoms with Crippen molar-refractivity contribution >= 4 is 22.0 Å². The summed E-state index contributed by atoms with van der Waals surface area (Å²) in [6, 6.07) is 6.15. The normalized spacial score (nSPS) is 9.40. The molecule has 0 aliphatic rings. The molecule has 0 nitrogen and oxygen atoms in total. The number of benzene rings is 1. The summed E-state index contributed by atoms with van der Waals surface area (Å²) in [6.07, 6.45) is 1.86. The minimum Gasteiger partial charge on any atom is -0.0985 e. The van der Waals surface area contributed by atoms with Crippen molar-refractivity contribution in [3.8, 4) is 0 Å². The molecule has 1 heteroatoms. The van der Waals surface area contributed by atoms with Crippen molar-refractivity contribution in [2.24, 2.45) is 0 Å². The summed E-state index contributed by atoms with van der Waals surface area (Å²) in [5.74, 6) is 0. The van der Waals surface area contributed by atoms with Crippen LogP contribution in [-0.4, -0.2) is 0 Å². The molecule has 0 saturated carbocycles. The topological polar surface area (TPSA) is 0 Å². The molecule has 0 fully saturated rings. The van der Waals surface area contributed by atoms with Crippen LogP contribution in [0.25, 0.3) is 6.08 Å². The Hall–Kier alpha value is -0.560. The second kappa shape index (κ2) is 3.02. The Bertz CT molecular complexity index is 251. The van der Waals surface area contributed by atoms with E-state index in [0.29, 0.717) is 0 Å². The van der Waals surface area contributed by atoms with Gasteiger partial charge in [0.05, 0.1) is 0 Å². The number of rotatable bonds is 1. The first-order valence-corrected chi connectivity index (χ1v) is 3.92. The van der Waals surface area contributed by atoms with Crippen molar-refractivity contribution in [3.63, 3.8) is 0 Å². The molecule has 1 rings (SSSR count). The van der Waals surface area contributed by atoms with Crippen LogP contribution in [0.15, 0.2) is 29.3 Å². The van der Waals surface area contributed by atoms with Crippen LogP contribution in [0.4, 0.5) is 0 Å². The highest BCUT2D eigenvalue weighted by Crippen LogP contribution is 2.15. The standard InChI is InChI=1S/C9H9Br/c1-3-8-4-5-9(10)6-7(8)2/h3-6H,1H2,2H3. The van der Waals surface area contributed by atoms with Gasteiger partial charge in [0.2, 0.25) is 0 Å². The van der Waals surface area contributed by atoms with Crippen molar-refractivity contribution in [3.05, 3.63) is 40.4 Å². The predicted molar refractivity (Wildman–Crippen MR) is 49.0 cm³/mol. The summed E-state index contributed by atoms with van der Waals surface area (Å²) in [6.45, 7) is 5.78. The van der Waals surface area contributed by atoms with Crippen LogP contribution < -0.4 is 0 Å². The van der Waals surface area contributed by atoms with Crippen LogP contribution in [0.2, 0.25) is 0 Å². The minimum absolute atomic E-state index is 1.12. The molecule has 0 N–H and O–H groups in total. The van der Waals surface area contributed by atoms with Gasteiger partial charge in [-0.3, -0.25) is 0 Å². The van der Waals surface area contributed by atoms with Crippen LogP contribution in [0, 0.1) is 6.92 Å². The highest BCUT2D eigenvalue weighted by atomic mass is 79.9. The van der Waals surface area contributed by atoms with E-state index in [0.717, 1.165) is 4.47 Å². The Balaban J connectivity index is 3.19. The van der Waals surface area contributed by atoms with Crippen LogP contribution in [0.3, 0.4) is 0 Å². The summed E-state index contributed by atoms with van der Waals surface area (Å²) in [4.78, 5) is 0. The van der Waals surface area contributed by atoms with Gasteiger partial charge in [-0.05, 0) is 30.2 Å². The number of hydrogen-bond donors (Lipinski definition) is 0. The fourth-order valence-electron chi connectivity index (χ4n) is 0.868. The largest absolute Gasteiger partial charge is 0.0985 e. The fraction of sp³-hybridized carbons (Fsp3) is 0.111. The first-order chi connectivity index (χ1) is 4.74. The predicted octanol–water partition coefficient (Wildman–Crippen LogP) is 3.40. The lowest BCUT2D eigenvalue weighted by atomic mass is 10.1. The van der Waals surface area contributed by atoms with Crippen molar-refractivity contribution in [2.75, 3.05) is 0 Å². The Morgan fingerprint density at radius 1 is 1.50 bits per heavy atom. The Morgan fingerprint density at radius 2 is 2.20 bits per heavy atom. The second-order valence-corrected chi connectivity index (χ2v) is 3.12. The van der Waals surface area contributed by atoms with E-state index < -0.39 is 0 Å². The summed E-state index contributed by atoms with van der Waals surface area (Å²) < 4.78 is 1.12. The van der Waals surface area contributed by atoms with Crippen LogP contribution in [0.5, 0.6) is 0 Å². The van der Waals surface area contributed by atoms with E-state index >= 15 is 0 Å². The van der Waals surface area contributed by atoms with Gasteiger partial charge in [-0.25, -0.2) is 0 Å². The molecule has 0 aliphatic heterocycles. The molecule has 0 unspecified atom stereocenters. The van der Waals surface area contributed by atoms with Crippen LogP contribution in [-0.2, 0) is 0 Å². The fourth-order valence-corrected chi connectivity index (χ4v) is 1.34. The van der Waals surface area contributed by atoms with Crippen molar-refractivity contribution in [1.82, 2.24) is 0 Å². The molecule has 52 valence electrons. The highest BCUT2D eigenvalue weighted by Gasteiger charge is 1.92. The maximum absolute atomic E-state index is 3.71. The molecule has 0 spiro atoms. The average Bonchev–Trinajstić information content (AvgIpc) is 1.88. The van der Waals surface area contributed by atoms with Gasteiger partial charge in [0.15, 0.2) is 0 Å². The molecule has 1 aromatic carbocycles. The Labute approximate surface area is 69.7 Å². The van der Waals surface area contributed by atoms with E-state index in [-0.39, 0.29) is 0 Å². The molecule has 0 aliphatic carbocycles. The van der Waals surface area contributed by atoms with E-state index in [9.17, 15) is 0 Å². The summed E-state index contributed by atoms with van der Waals surface area (Å²) >= 11 is 3.39. The Kier molecular flexibility index (Phi) is 2.28. The number of halogens is 1. The molecular weight excluding hydrogens is 188 g/mol. The summed E-state index contributed by atoms with van der Waals surface area (Å²) in [5, 5.41) is 0. The molecule has 0 heterocycles. The van der Waals surface area contributed by atoms with Crippen molar-refractivity contribution < 1.29 is 0 Å². The number of aryl methyl sites for hydroxylation is 1. The second-order valence-electron chi connectivity index (χ2n) is 2.21. The maximum atomic E-state index is 3.71. The summed E-state index contributed by atoms with van der Waals surface area (Å²) in [7, 11) is 0. The first kappa shape index (κ1) is 7.55. The molecule has 10 heavy (non-hydrogen) atoms. The summed E-state index contributed by atoms with van der Waals surface area (Å²) in [5.41, 5.74) is 2.45. The van der Waals surface area contributed by atoms with Crippen LogP contribution >= 0.6 is 15.9 Å². The molecule has 0 radical (unpaired) electrons. The molecule has 0 aromatic heterocycles. The first-order valence-electron chi connectivity index (χ1n) is 3.12. The molecule has 0 saturated heterocycles. The van der Waals surface area contributed by atoms with Gasteiger partial charge < -0.3 is 0 Å². The SMILES string of the molecule is C=Cc1ccc(Br)cc1C. The zero-order valence-corrected chi connectivity index (χ0v) is 7.48. The van der Waals surface area contributed by atoms with Crippen LogP contribution in [0.1, 0.15) is 11.1 Å². The minimum atomic E-state index is 1.12. The average molecular weight is 197 g/mol. The molecule has 0 bridgehead atoms. The van der Waals surface area contributed by atoms with Gasteiger partial charge in [0.25, 0.3) is 0 Å². The maximum Gasteiger partial charge on any atom is 0.0178 e. The zero-order chi connectivity index (χ0) is 7.56. The smallest absolute Gasteiger partial charge is 0.0178 e. The quantitative estimate of drug-likeness (QED) is 0.647. The zero-order valence-electron chi connectivity index (χ0n) is 5.89. The molecular formula is C9H9Br. The number of hydrogen-bond acceptors (Lipinski definition) is 0. The van der Waals surface area contributed by atoms with E-state index in [4.69, 9.17) is 0 Å². The molecule has 0 atom stereocenters. The molecule has 1 aromatic rings. The van der Waals surface area contributed by atoms with Gasteiger partial charge in [-0.15, -0.1) is 0 Å². The third kappa shape index (κ3) is 1.48. The lowest BCUT2D eigenvalue weighted by Crippen LogP contribution is -1.77. The lowest BCUT2D eigenvalue weighted by Gasteiger charge is -1.98. The van der Waals surface area contributed by atoms with Gasteiger partial charge in [-0.2, -0.15) is 0 Å².